The van der Waals surface area contributed by atoms with E-state index in [0.29, 0.717) is 12.1 Å². The molecule has 2 rings (SSSR count). The molecule has 0 amide bonds. The maximum Gasteiger partial charge on any atom is 0.0572 e. The van der Waals surface area contributed by atoms with E-state index in [2.05, 4.69) is 47.2 Å². The van der Waals surface area contributed by atoms with E-state index in [1.165, 1.54) is 42.5 Å². The van der Waals surface area contributed by atoms with Gasteiger partial charge in [0, 0.05) is 23.3 Å². The minimum atomic E-state index is 0.468. The zero-order valence-electron chi connectivity index (χ0n) is 11.4. The first-order chi connectivity index (χ1) is 8.60. The Kier molecular flexibility index (Phi) is 4.68. The van der Waals surface area contributed by atoms with Crippen LogP contribution in [0.3, 0.4) is 0 Å². The summed E-state index contributed by atoms with van der Waals surface area (Å²) in [4.78, 5) is 0. The van der Waals surface area contributed by atoms with Gasteiger partial charge in [-0.1, -0.05) is 15.9 Å². The molecule has 0 atom stereocenters. The molecule has 1 aromatic carbocycles. The molecule has 0 radical (unpaired) electrons. The number of aryl methyl sites for hydroxylation is 2. The number of halogens is 1. The van der Waals surface area contributed by atoms with E-state index in [4.69, 9.17) is 4.74 Å². The van der Waals surface area contributed by atoms with Gasteiger partial charge in [0.1, 0.15) is 0 Å². The molecule has 1 fully saturated rings. The Hall–Kier alpha value is -0.540. The molecule has 18 heavy (non-hydrogen) atoms. The van der Waals surface area contributed by atoms with Crippen molar-refractivity contribution in [2.75, 3.05) is 12.4 Å². The third-order valence-corrected chi connectivity index (χ3v) is 4.31. The molecule has 1 saturated carbocycles. The molecule has 1 aromatic rings. The standard InChI is InChI=1S/C15H22BrNO/c1-10-8-12(16)9-11(2)15(10)17-13-4-6-14(18-3)7-5-13/h8-9,13-14,17H,4-7H2,1-3H3. The van der Waals surface area contributed by atoms with Crippen LogP contribution in [0.4, 0.5) is 5.69 Å². The highest BCUT2D eigenvalue weighted by molar-refractivity contribution is 9.10. The highest BCUT2D eigenvalue weighted by Crippen LogP contribution is 2.29. The third-order valence-electron chi connectivity index (χ3n) is 3.85. The van der Waals surface area contributed by atoms with Crippen molar-refractivity contribution in [2.45, 2.75) is 51.7 Å². The second-order valence-corrected chi connectivity index (χ2v) is 6.18. The van der Waals surface area contributed by atoms with Crippen LogP contribution in [0, 0.1) is 13.8 Å². The highest BCUT2D eigenvalue weighted by atomic mass is 79.9. The SMILES string of the molecule is COC1CCC(Nc2c(C)cc(Br)cc2C)CC1. The molecule has 0 aromatic heterocycles. The molecular weight excluding hydrogens is 290 g/mol. The Morgan fingerprint density at radius 2 is 1.67 bits per heavy atom. The molecule has 1 N–H and O–H groups in total. The molecule has 0 unspecified atom stereocenters. The molecule has 0 bridgehead atoms. The van der Waals surface area contributed by atoms with Crippen LogP contribution >= 0.6 is 15.9 Å². The van der Waals surface area contributed by atoms with Gasteiger partial charge in [-0.05, 0) is 62.8 Å². The van der Waals surface area contributed by atoms with E-state index < -0.39 is 0 Å². The lowest BCUT2D eigenvalue weighted by Crippen LogP contribution is -2.29. The van der Waals surface area contributed by atoms with E-state index in [1.807, 2.05) is 7.11 Å². The number of rotatable bonds is 3. The molecule has 1 aliphatic rings. The van der Waals surface area contributed by atoms with Gasteiger partial charge >= 0.3 is 0 Å². The maximum atomic E-state index is 5.42. The highest BCUT2D eigenvalue weighted by Gasteiger charge is 2.21. The molecule has 3 heteroatoms. The Morgan fingerprint density at radius 3 is 2.17 bits per heavy atom. The topological polar surface area (TPSA) is 21.3 Å². The van der Waals surface area contributed by atoms with Gasteiger partial charge in [-0.15, -0.1) is 0 Å². The van der Waals surface area contributed by atoms with Crippen molar-refractivity contribution in [3.63, 3.8) is 0 Å². The quantitative estimate of drug-likeness (QED) is 0.891. The summed E-state index contributed by atoms with van der Waals surface area (Å²) in [5.74, 6) is 0. The zero-order valence-corrected chi connectivity index (χ0v) is 13.0. The van der Waals surface area contributed by atoms with Gasteiger partial charge in [0.2, 0.25) is 0 Å². The smallest absolute Gasteiger partial charge is 0.0572 e. The van der Waals surface area contributed by atoms with E-state index >= 15 is 0 Å². The minimum Gasteiger partial charge on any atom is -0.382 e. The van der Waals surface area contributed by atoms with Crippen molar-refractivity contribution in [2.24, 2.45) is 0 Å². The lowest BCUT2D eigenvalue weighted by Gasteiger charge is -2.30. The zero-order chi connectivity index (χ0) is 13.1. The summed E-state index contributed by atoms with van der Waals surface area (Å²) in [5.41, 5.74) is 3.94. The fourth-order valence-electron chi connectivity index (χ4n) is 2.79. The molecule has 0 aliphatic heterocycles. The first-order valence-electron chi connectivity index (χ1n) is 6.66. The van der Waals surface area contributed by atoms with Gasteiger partial charge < -0.3 is 10.1 Å². The summed E-state index contributed by atoms with van der Waals surface area (Å²) in [7, 11) is 1.82. The van der Waals surface area contributed by atoms with Crippen LogP contribution in [0.15, 0.2) is 16.6 Å². The second kappa shape index (κ2) is 6.07. The van der Waals surface area contributed by atoms with Crippen LogP contribution in [0.2, 0.25) is 0 Å². The summed E-state index contributed by atoms with van der Waals surface area (Å²) >= 11 is 3.55. The Labute approximate surface area is 118 Å². The van der Waals surface area contributed by atoms with Crippen LogP contribution in [-0.2, 0) is 4.74 Å². The van der Waals surface area contributed by atoms with Crippen LogP contribution in [-0.4, -0.2) is 19.3 Å². The molecule has 2 nitrogen and oxygen atoms in total. The van der Waals surface area contributed by atoms with Gasteiger partial charge in [0.15, 0.2) is 0 Å². The largest absolute Gasteiger partial charge is 0.382 e. The van der Waals surface area contributed by atoms with Crippen molar-refractivity contribution in [1.82, 2.24) is 0 Å². The fourth-order valence-corrected chi connectivity index (χ4v) is 3.47. The summed E-state index contributed by atoms with van der Waals surface area (Å²) in [6.45, 7) is 4.34. The normalized spacial score (nSPS) is 24.0. The number of nitrogens with one attached hydrogen (secondary N) is 1. The summed E-state index contributed by atoms with van der Waals surface area (Å²) in [6, 6.07) is 4.95. The average molecular weight is 312 g/mol. The van der Waals surface area contributed by atoms with Crippen molar-refractivity contribution in [3.8, 4) is 0 Å². The molecule has 100 valence electrons. The van der Waals surface area contributed by atoms with E-state index in [-0.39, 0.29) is 0 Å². The maximum absolute atomic E-state index is 5.42. The Bertz CT molecular complexity index is 388. The van der Waals surface area contributed by atoms with Crippen LogP contribution in [0.5, 0.6) is 0 Å². The Morgan fingerprint density at radius 1 is 1.11 bits per heavy atom. The summed E-state index contributed by atoms with van der Waals surface area (Å²) < 4.78 is 6.58. The van der Waals surface area contributed by atoms with Gasteiger partial charge in [-0.25, -0.2) is 0 Å². The van der Waals surface area contributed by atoms with Crippen LogP contribution in [0.25, 0.3) is 0 Å². The number of anilines is 1. The third kappa shape index (κ3) is 3.27. The molecular formula is C15H22BrNO. The van der Waals surface area contributed by atoms with Crippen LogP contribution in [0.1, 0.15) is 36.8 Å². The lowest BCUT2D eigenvalue weighted by atomic mass is 9.92. The number of benzene rings is 1. The van der Waals surface area contributed by atoms with Gasteiger partial charge in [0.05, 0.1) is 6.10 Å². The second-order valence-electron chi connectivity index (χ2n) is 5.27. The van der Waals surface area contributed by atoms with Gasteiger partial charge in [-0.2, -0.15) is 0 Å². The predicted octanol–water partition coefficient (Wildman–Crippen LogP) is 4.44. The summed E-state index contributed by atoms with van der Waals surface area (Å²) in [5, 5.41) is 3.71. The fraction of sp³-hybridized carbons (Fsp3) is 0.600. The van der Waals surface area contributed by atoms with Crippen molar-refractivity contribution in [3.05, 3.63) is 27.7 Å². The lowest BCUT2D eigenvalue weighted by molar-refractivity contribution is 0.0682. The number of ether oxygens (including phenoxy) is 1. The minimum absolute atomic E-state index is 0.468. The summed E-state index contributed by atoms with van der Waals surface area (Å²) in [6.07, 6.45) is 5.21. The monoisotopic (exact) mass is 311 g/mol. The Balaban J connectivity index is 2.02. The van der Waals surface area contributed by atoms with Crippen LogP contribution < -0.4 is 5.32 Å². The number of hydrogen-bond acceptors (Lipinski definition) is 2. The first kappa shape index (κ1) is 13.9. The van der Waals surface area contributed by atoms with Gasteiger partial charge in [-0.3, -0.25) is 0 Å². The molecule has 1 aliphatic carbocycles. The van der Waals surface area contributed by atoms with Crippen molar-refractivity contribution >= 4 is 21.6 Å². The predicted molar refractivity (Wildman–Crippen MR) is 80.3 cm³/mol. The van der Waals surface area contributed by atoms with Gasteiger partial charge in [0.25, 0.3) is 0 Å². The number of hydrogen-bond donors (Lipinski definition) is 1. The number of methoxy groups -OCH3 is 1. The van der Waals surface area contributed by atoms with E-state index in [1.54, 1.807) is 0 Å². The van der Waals surface area contributed by atoms with E-state index in [0.717, 1.165) is 4.47 Å². The molecule has 0 heterocycles. The van der Waals surface area contributed by atoms with Crippen molar-refractivity contribution in [1.29, 1.82) is 0 Å². The molecule has 0 saturated heterocycles. The van der Waals surface area contributed by atoms with Crippen molar-refractivity contribution < 1.29 is 4.74 Å². The van der Waals surface area contributed by atoms with E-state index in [9.17, 15) is 0 Å². The first-order valence-corrected chi connectivity index (χ1v) is 7.45. The molecule has 0 spiro atoms. The average Bonchev–Trinajstić information content (AvgIpc) is 2.34.